The Morgan fingerprint density at radius 1 is 1.09 bits per heavy atom. The van der Waals surface area contributed by atoms with E-state index in [-0.39, 0.29) is 23.3 Å². The Morgan fingerprint density at radius 2 is 1.55 bits per heavy atom. The fourth-order valence-corrected chi connectivity index (χ4v) is 1.53. The molecule has 0 bridgehead atoms. The van der Waals surface area contributed by atoms with Crippen LogP contribution in [0.1, 0.15) is 38.5 Å². The van der Waals surface area contributed by atoms with Crippen LogP contribution in [0.2, 0.25) is 0 Å². The molecule has 1 aliphatic carbocycles. The predicted molar refractivity (Wildman–Crippen MR) is 48.8 cm³/mol. The van der Waals surface area contributed by atoms with E-state index in [0.29, 0.717) is 0 Å². The van der Waals surface area contributed by atoms with Crippen LogP contribution in [0.5, 0.6) is 0 Å². The van der Waals surface area contributed by atoms with Gasteiger partial charge in [0.25, 0.3) is 0 Å². The molecule has 0 aromatic rings. The highest BCUT2D eigenvalue weighted by molar-refractivity contribution is 5.75. The van der Waals surface area contributed by atoms with Gasteiger partial charge in [-0.05, 0) is 12.8 Å². The minimum Gasteiger partial charge on any atom is -0.481 e. The molecule has 0 atom stereocenters. The van der Waals surface area contributed by atoms with Gasteiger partial charge in [-0.1, -0.05) is 25.7 Å². The Morgan fingerprint density at radius 3 is 1.91 bits per heavy atom. The maximum Gasteiger partial charge on any atom is 0.306 e. The first kappa shape index (κ1) is 11.0. The second-order valence-electron chi connectivity index (χ2n) is 3.03. The van der Waals surface area contributed by atoms with Crippen molar-refractivity contribution in [2.45, 2.75) is 38.5 Å². The SMILES string of the molecule is O=C(O)C1CCCCCC1.[AlH3]. The van der Waals surface area contributed by atoms with E-state index in [1.807, 2.05) is 0 Å². The zero-order valence-corrected chi connectivity index (χ0v) is 6.18. The average Bonchev–Trinajstić information content (AvgIpc) is 2.12. The molecular formula is C8H17AlO2. The van der Waals surface area contributed by atoms with Gasteiger partial charge in [0, 0.05) is 0 Å². The van der Waals surface area contributed by atoms with E-state index in [2.05, 4.69) is 0 Å². The van der Waals surface area contributed by atoms with Crippen LogP contribution in [0.15, 0.2) is 0 Å². The molecule has 0 unspecified atom stereocenters. The summed E-state index contributed by atoms with van der Waals surface area (Å²) in [6.45, 7) is 0. The first-order valence-corrected chi connectivity index (χ1v) is 4.03. The Hall–Kier alpha value is 0.00247. The number of carboxylic acid groups (broad SMARTS) is 1. The number of carboxylic acids is 1. The molecule has 0 aromatic carbocycles. The normalized spacial score (nSPS) is 20.0. The van der Waals surface area contributed by atoms with Gasteiger partial charge >= 0.3 is 5.97 Å². The van der Waals surface area contributed by atoms with E-state index in [4.69, 9.17) is 5.11 Å². The van der Waals surface area contributed by atoms with Gasteiger partial charge in [-0.3, -0.25) is 4.79 Å². The lowest BCUT2D eigenvalue weighted by atomic mass is 10.0. The van der Waals surface area contributed by atoms with Crippen LogP contribution in [0.4, 0.5) is 0 Å². The van der Waals surface area contributed by atoms with Crippen LogP contribution < -0.4 is 0 Å². The van der Waals surface area contributed by atoms with Crippen molar-refractivity contribution in [3.8, 4) is 0 Å². The van der Waals surface area contributed by atoms with Crippen LogP contribution in [0.25, 0.3) is 0 Å². The first-order chi connectivity index (χ1) is 4.80. The quantitative estimate of drug-likeness (QED) is 0.470. The van der Waals surface area contributed by atoms with Crippen molar-refractivity contribution in [1.82, 2.24) is 0 Å². The molecule has 0 spiro atoms. The van der Waals surface area contributed by atoms with Crippen LogP contribution in [0.3, 0.4) is 0 Å². The second kappa shape index (κ2) is 5.63. The number of hydrogen-bond donors (Lipinski definition) is 1. The molecule has 64 valence electrons. The summed E-state index contributed by atoms with van der Waals surface area (Å²) >= 11 is 0. The lowest BCUT2D eigenvalue weighted by Crippen LogP contribution is -2.11. The Kier molecular flexibility index (Phi) is 5.63. The molecule has 11 heavy (non-hydrogen) atoms. The summed E-state index contributed by atoms with van der Waals surface area (Å²) in [5.41, 5.74) is 0. The number of carbonyl (C=O) groups is 1. The number of hydrogen-bond acceptors (Lipinski definition) is 1. The monoisotopic (exact) mass is 172 g/mol. The third kappa shape index (κ3) is 3.79. The molecule has 3 heteroatoms. The fraction of sp³-hybridized carbons (Fsp3) is 0.875. The first-order valence-electron chi connectivity index (χ1n) is 4.03. The van der Waals surface area contributed by atoms with Crippen LogP contribution in [0, 0.1) is 5.92 Å². The minimum atomic E-state index is -0.595. The van der Waals surface area contributed by atoms with Crippen molar-refractivity contribution in [2.24, 2.45) is 5.92 Å². The van der Waals surface area contributed by atoms with Gasteiger partial charge in [0.2, 0.25) is 0 Å². The summed E-state index contributed by atoms with van der Waals surface area (Å²) in [7, 11) is 0. The van der Waals surface area contributed by atoms with E-state index >= 15 is 0 Å². The Bertz CT molecular complexity index is 117. The summed E-state index contributed by atoms with van der Waals surface area (Å²) in [5, 5.41) is 8.66. The van der Waals surface area contributed by atoms with Crippen molar-refractivity contribution in [2.75, 3.05) is 0 Å². The van der Waals surface area contributed by atoms with Gasteiger partial charge in [-0.25, -0.2) is 0 Å². The zero-order chi connectivity index (χ0) is 7.40. The van der Waals surface area contributed by atoms with Crippen LogP contribution in [-0.4, -0.2) is 28.4 Å². The van der Waals surface area contributed by atoms with E-state index in [9.17, 15) is 4.79 Å². The van der Waals surface area contributed by atoms with Crippen molar-refractivity contribution < 1.29 is 9.90 Å². The lowest BCUT2D eigenvalue weighted by Gasteiger charge is -2.05. The highest BCUT2D eigenvalue weighted by atomic mass is 27.0. The standard InChI is InChI=1S/C8H14O2.Al.3H/c9-8(10)7-5-3-1-2-4-6-7;;;;/h7H,1-6H2,(H,9,10);;;;. The summed E-state index contributed by atoms with van der Waals surface area (Å²) < 4.78 is 0. The third-order valence-corrected chi connectivity index (χ3v) is 2.20. The van der Waals surface area contributed by atoms with Crippen molar-refractivity contribution in [3.63, 3.8) is 0 Å². The van der Waals surface area contributed by atoms with Crippen LogP contribution >= 0.6 is 0 Å². The van der Waals surface area contributed by atoms with Crippen molar-refractivity contribution in [1.29, 1.82) is 0 Å². The van der Waals surface area contributed by atoms with Gasteiger partial charge in [-0.2, -0.15) is 0 Å². The van der Waals surface area contributed by atoms with Gasteiger partial charge in [0.05, 0.1) is 5.92 Å². The smallest absolute Gasteiger partial charge is 0.306 e. The highest BCUT2D eigenvalue weighted by Crippen LogP contribution is 2.22. The van der Waals surface area contributed by atoms with Crippen LogP contribution in [-0.2, 0) is 4.79 Å². The average molecular weight is 172 g/mol. The maximum absolute atomic E-state index is 10.5. The summed E-state index contributed by atoms with van der Waals surface area (Å²) in [6.07, 6.45) is 6.46. The van der Waals surface area contributed by atoms with Crippen molar-refractivity contribution >= 4 is 23.3 Å². The van der Waals surface area contributed by atoms with Gasteiger partial charge in [0.1, 0.15) is 0 Å². The Balaban J connectivity index is 0.000001000. The molecule has 0 heterocycles. The lowest BCUT2D eigenvalue weighted by molar-refractivity contribution is -0.142. The van der Waals surface area contributed by atoms with Gasteiger partial charge < -0.3 is 5.11 Å². The molecule has 0 aliphatic heterocycles. The van der Waals surface area contributed by atoms with E-state index in [0.717, 1.165) is 25.7 Å². The second-order valence-corrected chi connectivity index (χ2v) is 3.03. The summed E-state index contributed by atoms with van der Waals surface area (Å²) in [5.74, 6) is -0.635. The van der Waals surface area contributed by atoms with Crippen molar-refractivity contribution in [3.05, 3.63) is 0 Å². The molecular weight excluding hydrogens is 155 g/mol. The molecule has 0 radical (unpaired) electrons. The molecule has 1 N–H and O–H groups in total. The summed E-state index contributed by atoms with van der Waals surface area (Å²) in [6, 6.07) is 0. The topological polar surface area (TPSA) is 37.3 Å². The zero-order valence-electron chi connectivity index (χ0n) is 6.18. The number of aliphatic carboxylic acids is 1. The largest absolute Gasteiger partial charge is 0.481 e. The predicted octanol–water partition coefficient (Wildman–Crippen LogP) is 0.857. The molecule has 2 nitrogen and oxygen atoms in total. The molecule has 0 saturated heterocycles. The Labute approximate surface area is 78.1 Å². The van der Waals surface area contributed by atoms with E-state index in [1.165, 1.54) is 12.8 Å². The van der Waals surface area contributed by atoms with E-state index in [1.54, 1.807) is 0 Å². The van der Waals surface area contributed by atoms with Gasteiger partial charge in [-0.15, -0.1) is 0 Å². The molecule has 0 aromatic heterocycles. The minimum absolute atomic E-state index is 0. The highest BCUT2D eigenvalue weighted by Gasteiger charge is 2.18. The summed E-state index contributed by atoms with van der Waals surface area (Å²) in [4.78, 5) is 10.5. The van der Waals surface area contributed by atoms with Gasteiger partial charge in [0.15, 0.2) is 17.4 Å². The maximum atomic E-state index is 10.5. The molecule has 0 amide bonds. The third-order valence-electron chi connectivity index (χ3n) is 2.20. The fourth-order valence-electron chi connectivity index (χ4n) is 1.53. The van der Waals surface area contributed by atoms with E-state index < -0.39 is 5.97 Å². The number of rotatable bonds is 1. The molecule has 1 fully saturated rings. The molecule has 1 rings (SSSR count). The molecule has 1 saturated carbocycles. The molecule has 1 aliphatic rings.